The maximum Gasteiger partial charge on any atom is 0.492 e. The lowest BCUT2D eigenvalue weighted by atomic mass is 10.1. The summed E-state index contributed by atoms with van der Waals surface area (Å²) in [6.45, 7) is 0.446. The van der Waals surface area contributed by atoms with Gasteiger partial charge in [0.1, 0.15) is 5.52 Å². The number of alkyl halides is 3. The fraction of sp³-hybridized carbons (Fsp3) is 0.462. The molecular weight excluding hydrogens is 301 g/mol. The number of nitrogens with zero attached hydrogens (tertiary/aromatic N) is 4. The molecule has 0 bridgehead atoms. The average molecular weight is 314 g/mol. The van der Waals surface area contributed by atoms with Gasteiger partial charge >= 0.3 is 12.1 Å². The third kappa shape index (κ3) is 2.89. The van der Waals surface area contributed by atoms with E-state index in [9.17, 15) is 18.0 Å². The van der Waals surface area contributed by atoms with Crippen molar-refractivity contribution in [2.24, 2.45) is 0 Å². The van der Waals surface area contributed by atoms with Crippen LogP contribution in [-0.4, -0.2) is 45.3 Å². The molecule has 1 aliphatic rings. The third-order valence-electron chi connectivity index (χ3n) is 3.59. The van der Waals surface area contributed by atoms with Gasteiger partial charge < -0.3 is 4.84 Å². The van der Waals surface area contributed by atoms with E-state index in [2.05, 4.69) is 15.1 Å². The first kappa shape index (κ1) is 14.8. The summed E-state index contributed by atoms with van der Waals surface area (Å²) in [6, 6.07) is 7.50. The van der Waals surface area contributed by atoms with E-state index in [0.717, 1.165) is 16.1 Å². The Balaban J connectivity index is 1.64. The van der Waals surface area contributed by atoms with Crippen molar-refractivity contribution in [2.75, 3.05) is 13.1 Å². The second kappa shape index (κ2) is 5.56. The second-order valence-corrected chi connectivity index (χ2v) is 5.06. The molecule has 0 saturated carbocycles. The summed E-state index contributed by atoms with van der Waals surface area (Å²) in [5.74, 6) is -2.18. The van der Waals surface area contributed by atoms with Crippen LogP contribution >= 0.6 is 0 Å². The van der Waals surface area contributed by atoms with Gasteiger partial charge in [0.25, 0.3) is 0 Å². The molecule has 3 rings (SSSR count). The van der Waals surface area contributed by atoms with Crippen molar-refractivity contribution < 1.29 is 22.8 Å². The van der Waals surface area contributed by atoms with Crippen molar-refractivity contribution in [1.82, 2.24) is 20.1 Å². The van der Waals surface area contributed by atoms with E-state index >= 15 is 0 Å². The van der Waals surface area contributed by atoms with Crippen LogP contribution in [0.4, 0.5) is 13.2 Å². The number of para-hydroxylation sites is 1. The molecule has 1 saturated heterocycles. The minimum absolute atomic E-state index is 0.0215. The van der Waals surface area contributed by atoms with Crippen LogP contribution in [0.2, 0.25) is 0 Å². The molecule has 2 aromatic rings. The first-order valence-electron chi connectivity index (χ1n) is 6.79. The van der Waals surface area contributed by atoms with Gasteiger partial charge in [-0.25, -0.2) is 9.48 Å². The van der Waals surface area contributed by atoms with Crippen molar-refractivity contribution in [2.45, 2.75) is 25.1 Å². The molecule has 1 aliphatic heterocycles. The topological polar surface area (TPSA) is 60.2 Å². The van der Waals surface area contributed by atoms with Gasteiger partial charge in [-0.2, -0.15) is 13.2 Å². The Morgan fingerprint density at radius 3 is 2.59 bits per heavy atom. The minimum Gasteiger partial charge on any atom is -0.361 e. The van der Waals surface area contributed by atoms with Crippen LogP contribution < -0.4 is 0 Å². The Hall–Kier alpha value is -2.16. The van der Waals surface area contributed by atoms with Gasteiger partial charge in [0.2, 0.25) is 0 Å². The van der Waals surface area contributed by atoms with Crippen molar-refractivity contribution in [3.8, 4) is 0 Å². The Bertz CT molecular complexity index is 677. The summed E-state index contributed by atoms with van der Waals surface area (Å²) < 4.78 is 38.2. The van der Waals surface area contributed by atoms with Crippen LogP contribution in [0.3, 0.4) is 0 Å². The lowest BCUT2D eigenvalue weighted by molar-refractivity contribution is -0.242. The second-order valence-electron chi connectivity index (χ2n) is 5.06. The van der Waals surface area contributed by atoms with E-state index in [1.807, 2.05) is 24.3 Å². The molecule has 0 radical (unpaired) electrons. The fourth-order valence-corrected chi connectivity index (χ4v) is 2.50. The van der Waals surface area contributed by atoms with Crippen LogP contribution in [-0.2, 0) is 9.63 Å². The maximum absolute atomic E-state index is 12.2. The van der Waals surface area contributed by atoms with Crippen LogP contribution in [0.15, 0.2) is 24.3 Å². The molecule has 0 N–H and O–H groups in total. The predicted molar refractivity (Wildman–Crippen MR) is 69.5 cm³/mol. The highest BCUT2D eigenvalue weighted by molar-refractivity contribution is 5.75. The molecule has 9 heteroatoms. The average Bonchev–Trinajstić information content (AvgIpc) is 2.91. The zero-order valence-electron chi connectivity index (χ0n) is 11.5. The first-order chi connectivity index (χ1) is 10.4. The highest BCUT2D eigenvalue weighted by Crippen LogP contribution is 2.26. The molecule has 1 fully saturated rings. The highest BCUT2D eigenvalue weighted by atomic mass is 19.4. The van der Waals surface area contributed by atoms with E-state index in [1.165, 1.54) is 0 Å². The Morgan fingerprint density at radius 1 is 1.23 bits per heavy atom. The molecule has 22 heavy (non-hydrogen) atoms. The lowest BCUT2D eigenvalue weighted by Gasteiger charge is -2.30. The number of hydroxylamine groups is 2. The number of halogens is 3. The minimum atomic E-state index is -4.97. The number of aromatic nitrogens is 3. The number of carbonyl (C=O) groups excluding carboxylic acids is 1. The monoisotopic (exact) mass is 314 g/mol. The summed E-state index contributed by atoms with van der Waals surface area (Å²) >= 11 is 0. The van der Waals surface area contributed by atoms with Gasteiger partial charge in [-0.05, 0) is 25.0 Å². The van der Waals surface area contributed by atoms with E-state index in [-0.39, 0.29) is 19.1 Å². The zero-order chi connectivity index (χ0) is 15.7. The van der Waals surface area contributed by atoms with Crippen molar-refractivity contribution >= 4 is 17.0 Å². The van der Waals surface area contributed by atoms with Crippen LogP contribution in [0.1, 0.15) is 18.9 Å². The first-order valence-corrected chi connectivity index (χ1v) is 6.79. The molecule has 118 valence electrons. The largest absolute Gasteiger partial charge is 0.492 e. The SMILES string of the molecule is O=C(ON1CCC(n2nnc3ccccc32)CC1)C(F)(F)F. The lowest BCUT2D eigenvalue weighted by Crippen LogP contribution is -2.40. The molecule has 0 amide bonds. The molecule has 1 aromatic carbocycles. The number of benzene rings is 1. The molecule has 6 nitrogen and oxygen atoms in total. The molecule has 0 atom stereocenters. The summed E-state index contributed by atoms with van der Waals surface area (Å²) in [5.41, 5.74) is 1.65. The number of carbonyl (C=O) groups is 1. The van der Waals surface area contributed by atoms with Crippen molar-refractivity contribution in [3.05, 3.63) is 24.3 Å². The molecule has 1 aromatic heterocycles. The third-order valence-corrected chi connectivity index (χ3v) is 3.59. The van der Waals surface area contributed by atoms with Gasteiger partial charge in [0, 0.05) is 13.1 Å². The van der Waals surface area contributed by atoms with Crippen molar-refractivity contribution in [3.63, 3.8) is 0 Å². The Morgan fingerprint density at radius 2 is 1.91 bits per heavy atom. The van der Waals surface area contributed by atoms with Gasteiger partial charge in [-0.3, -0.25) is 0 Å². The molecule has 2 heterocycles. The summed E-state index contributed by atoms with van der Waals surface area (Å²) in [5, 5.41) is 9.21. The van der Waals surface area contributed by atoms with Gasteiger partial charge in [-0.1, -0.05) is 17.3 Å². The standard InChI is InChI=1S/C13H13F3N4O2/c14-13(15,16)12(21)22-19-7-5-9(6-8-19)20-11-4-2-1-3-10(11)17-18-20/h1-4,9H,5-8H2. The predicted octanol–water partition coefficient (Wildman–Crippen LogP) is 2.09. The Labute approximate surface area is 123 Å². The number of rotatable bonds is 2. The van der Waals surface area contributed by atoms with Crippen LogP contribution in [0, 0.1) is 0 Å². The molecule has 0 unspecified atom stereocenters. The smallest absolute Gasteiger partial charge is 0.361 e. The number of fused-ring (bicyclic) bond motifs is 1. The number of piperidine rings is 1. The molecular formula is C13H13F3N4O2. The highest BCUT2D eigenvalue weighted by Gasteiger charge is 2.43. The summed E-state index contributed by atoms with van der Waals surface area (Å²) in [4.78, 5) is 15.1. The van der Waals surface area contributed by atoms with Gasteiger partial charge in [-0.15, -0.1) is 10.2 Å². The van der Waals surface area contributed by atoms with E-state index in [4.69, 9.17) is 0 Å². The quantitative estimate of drug-likeness (QED) is 0.849. The van der Waals surface area contributed by atoms with Crippen molar-refractivity contribution in [1.29, 1.82) is 0 Å². The van der Waals surface area contributed by atoms with Crippen LogP contribution in [0.25, 0.3) is 11.0 Å². The van der Waals surface area contributed by atoms with Gasteiger partial charge in [0.05, 0.1) is 11.6 Å². The summed E-state index contributed by atoms with van der Waals surface area (Å²) in [6.07, 6.45) is -3.92. The molecule has 0 aliphatic carbocycles. The number of hydrogen-bond acceptors (Lipinski definition) is 5. The van der Waals surface area contributed by atoms with Crippen LogP contribution in [0.5, 0.6) is 0 Å². The van der Waals surface area contributed by atoms with Gasteiger partial charge in [0.15, 0.2) is 0 Å². The van der Waals surface area contributed by atoms with E-state index in [0.29, 0.717) is 12.8 Å². The van der Waals surface area contributed by atoms with E-state index < -0.39 is 12.1 Å². The zero-order valence-corrected chi connectivity index (χ0v) is 11.5. The Kier molecular flexibility index (Phi) is 3.73. The van der Waals surface area contributed by atoms with E-state index in [1.54, 1.807) is 4.68 Å². The normalized spacial score (nSPS) is 17.8. The maximum atomic E-state index is 12.2. The fourth-order valence-electron chi connectivity index (χ4n) is 2.50. The number of hydrogen-bond donors (Lipinski definition) is 0. The summed E-state index contributed by atoms with van der Waals surface area (Å²) in [7, 11) is 0. The molecule has 0 spiro atoms.